The van der Waals surface area contributed by atoms with Crippen molar-refractivity contribution in [3.63, 3.8) is 0 Å². The minimum atomic E-state index is -2.02. The van der Waals surface area contributed by atoms with Gasteiger partial charge >= 0.3 is 5.97 Å². The summed E-state index contributed by atoms with van der Waals surface area (Å²) in [5.74, 6) is -4.71. The molecule has 3 heterocycles. The number of hydrogen-bond acceptors (Lipinski definition) is 18. The third-order valence-electron chi connectivity index (χ3n) is 8.47. The minimum Gasteiger partial charge on any atom is -0.508 e. The van der Waals surface area contributed by atoms with Crippen LogP contribution in [0.3, 0.4) is 0 Å². The maximum atomic E-state index is 14.0. The van der Waals surface area contributed by atoms with Gasteiger partial charge in [0.25, 0.3) is 0 Å². The summed E-state index contributed by atoms with van der Waals surface area (Å²) in [6.07, 6.45) is -13.4. The maximum absolute atomic E-state index is 14.0. The Morgan fingerprint density at radius 1 is 0.792 bits per heavy atom. The maximum Gasteiger partial charge on any atom is 0.331 e. The first-order valence-corrected chi connectivity index (χ1v) is 15.9. The van der Waals surface area contributed by atoms with E-state index in [0.717, 1.165) is 30.3 Å². The largest absolute Gasteiger partial charge is 0.508 e. The van der Waals surface area contributed by atoms with Gasteiger partial charge in [0.1, 0.15) is 64.8 Å². The van der Waals surface area contributed by atoms with Gasteiger partial charge in [-0.3, -0.25) is 4.79 Å². The number of esters is 1. The van der Waals surface area contributed by atoms with Gasteiger partial charge < -0.3 is 79.2 Å². The SMILES string of the molecule is O=C(/C=C/c1ccc(O)cc1)O[C@H]1[C@H](Oc2c(-c3ccc(O)c(O)c3)oc3cc(O)cc(O)c3c2=O)O[C@H](CO[C@H]2OC[C@@H](O)[C@@H](O)[C@@H]2O)[C@@H](O)[C@@H]1O. The van der Waals surface area contributed by atoms with Crippen LogP contribution in [0.4, 0.5) is 0 Å². The summed E-state index contributed by atoms with van der Waals surface area (Å²) in [6, 6.07) is 10.9. The Morgan fingerprint density at radius 3 is 2.25 bits per heavy atom. The van der Waals surface area contributed by atoms with Crippen LogP contribution in [0.1, 0.15) is 5.56 Å². The van der Waals surface area contributed by atoms with E-state index in [2.05, 4.69) is 0 Å². The van der Waals surface area contributed by atoms with E-state index in [1.54, 1.807) is 0 Å². The Balaban J connectivity index is 1.37. The molecule has 3 aromatic carbocycles. The smallest absolute Gasteiger partial charge is 0.331 e. The molecule has 2 fully saturated rings. The lowest BCUT2D eigenvalue weighted by atomic mass is 9.98. The number of carbonyl (C=O) groups is 1. The summed E-state index contributed by atoms with van der Waals surface area (Å²) in [5.41, 5.74) is -1.03. The van der Waals surface area contributed by atoms with E-state index in [1.165, 1.54) is 36.4 Å². The molecule has 2 aliphatic rings. The van der Waals surface area contributed by atoms with Crippen molar-refractivity contribution in [2.75, 3.05) is 13.2 Å². The van der Waals surface area contributed by atoms with Crippen molar-refractivity contribution in [2.45, 2.75) is 55.3 Å². The number of aliphatic hydroxyl groups excluding tert-OH is 5. The third kappa shape index (κ3) is 7.84. The van der Waals surface area contributed by atoms with Crippen molar-refractivity contribution in [1.82, 2.24) is 0 Å². The van der Waals surface area contributed by atoms with Crippen LogP contribution in [-0.4, -0.2) is 126 Å². The minimum absolute atomic E-state index is 0.0248. The molecule has 53 heavy (non-hydrogen) atoms. The topological polar surface area (TPSA) is 296 Å². The molecule has 18 nitrogen and oxygen atoms in total. The zero-order valence-corrected chi connectivity index (χ0v) is 27.2. The van der Waals surface area contributed by atoms with Gasteiger partial charge in [-0.1, -0.05) is 12.1 Å². The molecule has 0 amide bonds. The van der Waals surface area contributed by atoms with Gasteiger partial charge in [-0.25, -0.2) is 4.79 Å². The monoisotopic (exact) mass is 742 g/mol. The average Bonchev–Trinajstić information content (AvgIpc) is 3.12. The second-order valence-electron chi connectivity index (χ2n) is 12.2. The number of phenolic OH excluding ortho intramolecular Hbond substituents is 5. The summed E-state index contributed by atoms with van der Waals surface area (Å²) in [5, 5.41) is 102. The fourth-order valence-electron chi connectivity index (χ4n) is 5.65. The van der Waals surface area contributed by atoms with Crippen LogP contribution in [0.5, 0.6) is 34.5 Å². The molecular formula is C35H34O18. The van der Waals surface area contributed by atoms with E-state index in [0.29, 0.717) is 5.56 Å². The Kier molecular flexibility index (Phi) is 10.8. The van der Waals surface area contributed by atoms with Crippen LogP contribution in [-0.2, 0) is 23.7 Å². The number of aliphatic hydroxyl groups is 5. The van der Waals surface area contributed by atoms with E-state index < -0.39 is 120 Å². The van der Waals surface area contributed by atoms with Crippen molar-refractivity contribution in [1.29, 1.82) is 0 Å². The quantitative estimate of drug-likeness (QED) is 0.0608. The lowest BCUT2D eigenvalue weighted by Gasteiger charge is -2.42. The van der Waals surface area contributed by atoms with E-state index in [4.69, 9.17) is 28.1 Å². The molecular weight excluding hydrogens is 708 g/mol. The van der Waals surface area contributed by atoms with Crippen LogP contribution in [0.15, 0.2) is 69.9 Å². The van der Waals surface area contributed by atoms with Gasteiger partial charge in [-0.2, -0.15) is 0 Å². The van der Waals surface area contributed by atoms with E-state index in [-0.39, 0.29) is 16.9 Å². The predicted octanol–water partition coefficient (Wildman–Crippen LogP) is -0.106. The number of hydrogen-bond donors (Lipinski definition) is 10. The number of benzene rings is 3. The van der Waals surface area contributed by atoms with Crippen LogP contribution in [0, 0.1) is 0 Å². The second kappa shape index (κ2) is 15.3. The summed E-state index contributed by atoms with van der Waals surface area (Å²) in [7, 11) is 0. The highest BCUT2D eigenvalue weighted by Gasteiger charge is 2.49. The van der Waals surface area contributed by atoms with Gasteiger partial charge in [-0.15, -0.1) is 0 Å². The molecule has 10 N–H and O–H groups in total. The Hall–Kier alpha value is -5.44. The highest BCUT2D eigenvalue weighted by Crippen LogP contribution is 2.40. The van der Waals surface area contributed by atoms with E-state index in [9.17, 15) is 60.7 Å². The lowest BCUT2D eigenvalue weighted by molar-refractivity contribution is -0.308. The molecule has 18 heteroatoms. The van der Waals surface area contributed by atoms with Gasteiger partial charge in [-0.05, 0) is 42.0 Å². The molecule has 0 radical (unpaired) electrons. The zero-order valence-electron chi connectivity index (χ0n) is 27.2. The molecule has 2 saturated heterocycles. The molecule has 0 unspecified atom stereocenters. The van der Waals surface area contributed by atoms with Crippen molar-refractivity contribution >= 4 is 23.0 Å². The highest BCUT2D eigenvalue weighted by atomic mass is 16.7. The van der Waals surface area contributed by atoms with Crippen molar-refractivity contribution in [3.05, 3.63) is 76.5 Å². The standard InChI is InChI=1S/C35H34O18/c36-16-5-1-14(2-6-16)3-8-24(42)52-33-29(46)27(44)23(13-49-34-30(47)26(43)21(41)12-48-34)51-35(33)53-32-28(45)25-20(40)10-17(37)11-22(25)50-31(32)15-4-7-18(38)19(39)9-15/h1-11,21,23,26-27,29-30,33-41,43-44,46-47H,12-13H2/b8-3+/t21-,23-,26-,27-,29+,30+,33-,34-,35+/m1/s1. The Bertz CT molecular complexity index is 2040. The van der Waals surface area contributed by atoms with Crippen molar-refractivity contribution in [3.8, 4) is 45.8 Å². The molecule has 1 aromatic heterocycles. The zero-order chi connectivity index (χ0) is 38.1. The first-order chi connectivity index (χ1) is 25.2. The first-order valence-electron chi connectivity index (χ1n) is 15.9. The van der Waals surface area contributed by atoms with Crippen LogP contribution in [0.2, 0.25) is 0 Å². The number of ether oxygens (including phenoxy) is 5. The van der Waals surface area contributed by atoms with Gasteiger partial charge in [0.2, 0.25) is 17.5 Å². The summed E-state index contributed by atoms with van der Waals surface area (Å²) < 4.78 is 33.8. The van der Waals surface area contributed by atoms with Gasteiger partial charge in [0, 0.05) is 23.8 Å². The fourth-order valence-corrected chi connectivity index (χ4v) is 5.65. The van der Waals surface area contributed by atoms with Crippen molar-refractivity contribution < 1.29 is 84.0 Å². The number of phenols is 5. The number of carbonyl (C=O) groups excluding carboxylic acids is 1. The lowest BCUT2D eigenvalue weighted by Crippen LogP contribution is -2.62. The number of fused-ring (bicyclic) bond motifs is 1. The van der Waals surface area contributed by atoms with Crippen molar-refractivity contribution in [2.24, 2.45) is 0 Å². The molecule has 2 aliphatic heterocycles. The summed E-state index contributed by atoms with van der Waals surface area (Å²) in [6.45, 7) is -1.09. The van der Waals surface area contributed by atoms with Gasteiger partial charge in [0.15, 0.2) is 29.7 Å². The molecule has 0 bridgehead atoms. The molecule has 9 atom stereocenters. The van der Waals surface area contributed by atoms with E-state index >= 15 is 0 Å². The van der Waals surface area contributed by atoms with E-state index in [1.807, 2.05) is 0 Å². The first kappa shape index (κ1) is 37.3. The fraction of sp³-hybridized carbons (Fsp3) is 0.314. The normalized spacial score (nSPS) is 27.5. The van der Waals surface area contributed by atoms with Crippen LogP contribution < -0.4 is 10.2 Å². The molecule has 6 rings (SSSR count). The molecule has 0 saturated carbocycles. The number of rotatable bonds is 9. The van der Waals surface area contributed by atoms with Gasteiger partial charge in [0.05, 0.1) is 13.2 Å². The highest BCUT2D eigenvalue weighted by molar-refractivity contribution is 5.89. The summed E-state index contributed by atoms with van der Waals surface area (Å²) >= 11 is 0. The average molecular weight is 743 g/mol. The van der Waals surface area contributed by atoms with Crippen LogP contribution in [0.25, 0.3) is 28.4 Å². The number of aromatic hydroxyl groups is 5. The predicted molar refractivity (Wildman–Crippen MR) is 177 cm³/mol. The molecule has 0 aliphatic carbocycles. The Morgan fingerprint density at radius 2 is 1.53 bits per heavy atom. The summed E-state index contributed by atoms with van der Waals surface area (Å²) in [4.78, 5) is 27.0. The van der Waals surface area contributed by atoms with Crippen LogP contribution >= 0.6 is 0 Å². The third-order valence-corrected chi connectivity index (χ3v) is 8.47. The Labute approximate surface area is 297 Å². The molecule has 4 aromatic rings. The molecule has 0 spiro atoms. The molecule has 282 valence electrons. The second-order valence-corrected chi connectivity index (χ2v) is 12.2.